The van der Waals surface area contributed by atoms with Crippen molar-refractivity contribution in [3.05, 3.63) is 79.9 Å². The number of hydrogen-bond donors (Lipinski definition) is 0. The van der Waals surface area contributed by atoms with Crippen LogP contribution in [0.3, 0.4) is 0 Å². The Morgan fingerprint density at radius 1 is 0.793 bits per heavy atom. The molecule has 0 N–H and O–H groups in total. The van der Waals surface area contributed by atoms with Crippen molar-refractivity contribution in [3.8, 4) is 0 Å². The van der Waals surface area contributed by atoms with Crippen molar-refractivity contribution >= 4 is 18.7 Å². The third-order valence-electron chi connectivity index (χ3n) is 4.69. The highest BCUT2D eigenvalue weighted by Gasteiger charge is 2.38. The fourth-order valence-electron chi connectivity index (χ4n) is 3.83. The lowest BCUT2D eigenvalue weighted by atomic mass is 10.2. The first-order valence-electron chi connectivity index (χ1n) is 9.38. The van der Waals surface area contributed by atoms with Crippen LogP contribution in [0, 0.1) is 20.2 Å². The quantitative estimate of drug-likeness (QED) is 0.297. The Morgan fingerprint density at radius 2 is 1.14 bits per heavy atom. The Bertz CT molecular complexity index is 874. The molecule has 0 spiro atoms. The molecule has 0 amide bonds. The molecule has 0 saturated heterocycles. The fourth-order valence-corrected chi connectivity index (χ4v) is 7.56. The van der Waals surface area contributed by atoms with E-state index >= 15 is 0 Å². The predicted molar refractivity (Wildman–Crippen MR) is 113 cm³/mol. The average molecular weight is 419 g/mol. The molecule has 2 aromatic carbocycles. The van der Waals surface area contributed by atoms with Crippen LogP contribution in [0.25, 0.3) is 0 Å². The lowest BCUT2D eigenvalue weighted by molar-refractivity contribution is -0.385. The van der Waals surface area contributed by atoms with Crippen LogP contribution < -0.4 is 0 Å². The second-order valence-electron chi connectivity index (χ2n) is 7.50. The van der Waals surface area contributed by atoms with Gasteiger partial charge in [-0.25, -0.2) is 4.67 Å². The molecule has 0 saturated carbocycles. The molecular weight excluding hydrogens is 393 g/mol. The van der Waals surface area contributed by atoms with Crippen molar-refractivity contribution in [2.45, 2.75) is 52.1 Å². The van der Waals surface area contributed by atoms with E-state index < -0.39 is 17.1 Å². The average Bonchev–Trinajstić information content (AvgIpc) is 2.61. The van der Waals surface area contributed by atoms with Crippen molar-refractivity contribution in [2.24, 2.45) is 0 Å². The lowest BCUT2D eigenvalue weighted by Gasteiger charge is -2.38. The van der Waals surface area contributed by atoms with E-state index in [1.165, 1.54) is 12.1 Å². The van der Waals surface area contributed by atoms with Gasteiger partial charge in [-0.05, 0) is 27.7 Å². The van der Waals surface area contributed by atoms with Crippen molar-refractivity contribution in [1.82, 2.24) is 4.67 Å². The van der Waals surface area contributed by atoms with Crippen LogP contribution in [0.5, 0.6) is 0 Å². The molecule has 0 bridgehead atoms. The minimum Gasteiger partial charge on any atom is -0.306 e. The minimum atomic E-state index is -3.29. The van der Waals surface area contributed by atoms with Gasteiger partial charge in [0.1, 0.15) is 0 Å². The van der Waals surface area contributed by atoms with Gasteiger partial charge in [-0.3, -0.25) is 20.2 Å². The zero-order valence-electron chi connectivity index (χ0n) is 17.0. The summed E-state index contributed by atoms with van der Waals surface area (Å²) in [4.78, 5) is 21.9. The number of rotatable bonds is 9. The summed E-state index contributed by atoms with van der Waals surface area (Å²) in [5, 5.41) is 22.9. The molecular formula is C20H26N3O5P. The fraction of sp³-hybridized carbons (Fsp3) is 0.400. The van der Waals surface area contributed by atoms with Crippen molar-refractivity contribution in [2.75, 3.05) is 0 Å². The van der Waals surface area contributed by atoms with Gasteiger partial charge in [-0.1, -0.05) is 36.4 Å². The third kappa shape index (κ3) is 5.28. The maximum absolute atomic E-state index is 14.4. The predicted octanol–water partition coefficient (Wildman–Crippen LogP) is 5.60. The van der Waals surface area contributed by atoms with Crippen LogP contribution in [-0.4, -0.2) is 26.6 Å². The van der Waals surface area contributed by atoms with Gasteiger partial charge in [0, 0.05) is 47.7 Å². The molecule has 0 unspecified atom stereocenters. The Labute approximate surface area is 170 Å². The summed E-state index contributed by atoms with van der Waals surface area (Å²) in [6.07, 6.45) is -0.0703. The van der Waals surface area contributed by atoms with Crippen LogP contribution in [0.15, 0.2) is 48.5 Å². The van der Waals surface area contributed by atoms with Gasteiger partial charge in [0.15, 0.2) is 7.29 Å². The van der Waals surface area contributed by atoms with E-state index in [0.29, 0.717) is 11.1 Å². The lowest BCUT2D eigenvalue weighted by Crippen LogP contribution is -2.35. The summed E-state index contributed by atoms with van der Waals surface area (Å²) < 4.78 is 16.2. The number of nitrogens with zero attached hydrogens (tertiary/aromatic N) is 3. The van der Waals surface area contributed by atoms with Crippen LogP contribution in [0.4, 0.5) is 11.4 Å². The molecule has 0 aliphatic rings. The summed E-state index contributed by atoms with van der Waals surface area (Å²) in [5.74, 6) is 0. The van der Waals surface area contributed by atoms with Gasteiger partial charge in [0.05, 0.1) is 9.85 Å². The van der Waals surface area contributed by atoms with Crippen molar-refractivity contribution in [3.63, 3.8) is 0 Å². The molecule has 2 rings (SSSR count). The first-order chi connectivity index (χ1) is 13.6. The molecule has 9 heteroatoms. The molecule has 0 fully saturated rings. The Morgan fingerprint density at radius 3 is 1.45 bits per heavy atom. The van der Waals surface area contributed by atoms with E-state index in [2.05, 4.69) is 0 Å². The van der Waals surface area contributed by atoms with Gasteiger partial charge in [-0.2, -0.15) is 0 Å². The van der Waals surface area contributed by atoms with Gasteiger partial charge >= 0.3 is 0 Å². The van der Waals surface area contributed by atoms with Crippen LogP contribution in [0.1, 0.15) is 38.8 Å². The van der Waals surface area contributed by atoms with E-state index in [9.17, 15) is 24.8 Å². The van der Waals surface area contributed by atoms with Gasteiger partial charge in [0.25, 0.3) is 11.4 Å². The first kappa shape index (κ1) is 22.7. The van der Waals surface area contributed by atoms with Gasteiger partial charge in [-0.15, -0.1) is 0 Å². The SMILES string of the molecule is CC(C)N(C(C)C)P(=O)(Cc1ccccc1[N+](=O)[O-])Cc1ccccc1[N+](=O)[O-]. The van der Waals surface area contributed by atoms with Crippen LogP contribution in [0.2, 0.25) is 0 Å². The highest BCUT2D eigenvalue weighted by atomic mass is 31.2. The zero-order valence-corrected chi connectivity index (χ0v) is 17.9. The minimum absolute atomic E-state index is 0.0352. The Hall–Kier alpha value is -2.57. The molecule has 8 nitrogen and oxygen atoms in total. The van der Waals surface area contributed by atoms with Crippen LogP contribution in [-0.2, 0) is 16.9 Å². The van der Waals surface area contributed by atoms with Crippen molar-refractivity contribution < 1.29 is 14.4 Å². The normalized spacial score (nSPS) is 12.0. The molecule has 0 atom stereocenters. The van der Waals surface area contributed by atoms with Crippen molar-refractivity contribution in [1.29, 1.82) is 0 Å². The molecule has 0 aliphatic heterocycles. The topological polar surface area (TPSA) is 107 Å². The Balaban J connectivity index is 2.61. The van der Waals surface area contributed by atoms with Gasteiger partial charge < -0.3 is 4.57 Å². The number of para-hydroxylation sites is 2. The standard InChI is InChI=1S/C20H26N3O5P/c1-15(2)21(16(3)4)29(28,13-17-9-5-7-11-19(17)22(24)25)14-18-10-6-8-12-20(18)23(26)27/h5-12,15-16H,13-14H2,1-4H3. The summed E-state index contributed by atoms with van der Waals surface area (Å²) in [5.41, 5.74) is 0.543. The monoisotopic (exact) mass is 419 g/mol. The second kappa shape index (κ2) is 9.29. The van der Waals surface area contributed by atoms with Crippen LogP contribution >= 0.6 is 7.29 Å². The Kier molecular flexibility index (Phi) is 7.27. The van der Waals surface area contributed by atoms with E-state index in [4.69, 9.17) is 0 Å². The van der Waals surface area contributed by atoms with E-state index in [1.807, 2.05) is 32.4 Å². The molecule has 0 heterocycles. The largest absolute Gasteiger partial charge is 0.306 e. The number of benzene rings is 2. The molecule has 0 radical (unpaired) electrons. The van der Waals surface area contributed by atoms with E-state index in [0.717, 1.165) is 0 Å². The number of hydrogen-bond acceptors (Lipinski definition) is 5. The van der Waals surface area contributed by atoms with Gasteiger partial charge in [0.2, 0.25) is 0 Å². The second-order valence-corrected chi connectivity index (χ2v) is 10.3. The summed E-state index contributed by atoms with van der Waals surface area (Å²) in [7, 11) is -3.29. The summed E-state index contributed by atoms with van der Waals surface area (Å²) in [6, 6.07) is 12.2. The maximum Gasteiger partial charge on any atom is 0.273 e. The highest BCUT2D eigenvalue weighted by molar-refractivity contribution is 7.60. The van der Waals surface area contributed by atoms with E-state index in [1.54, 1.807) is 36.4 Å². The number of nitro benzene ring substituents is 2. The maximum atomic E-state index is 14.4. The molecule has 2 aromatic rings. The zero-order chi connectivity index (χ0) is 21.8. The summed E-state index contributed by atoms with van der Waals surface area (Å²) in [6.45, 7) is 7.63. The molecule has 156 valence electrons. The van der Waals surface area contributed by atoms with E-state index in [-0.39, 0.29) is 35.8 Å². The number of nitro groups is 2. The summed E-state index contributed by atoms with van der Waals surface area (Å²) >= 11 is 0. The smallest absolute Gasteiger partial charge is 0.273 e. The highest BCUT2D eigenvalue weighted by Crippen LogP contribution is 2.59. The molecule has 0 aromatic heterocycles. The first-order valence-corrected chi connectivity index (χ1v) is 11.4. The molecule has 29 heavy (non-hydrogen) atoms. The molecule has 0 aliphatic carbocycles. The third-order valence-corrected chi connectivity index (χ3v) is 8.13.